The Bertz CT molecular complexity index is 1150. The largest absolute Gasteiger partial charge is 0.505 e. The highest BCUT2D eigenvalue weighted by atomic mass is 17.1. The molecule has 3 aromatic carbocycles. The van der Waals surface area contributed by atoms with Crippen LogP contribution in [0, 0.1) is 6.92 Å². The third-order valence-corrected chi connectivity index (χ3v) is 4.47. The number of rotatable bonds is 2. The van der Waals surface area contributed by atoms with E-state index in [2.05, 4.69) is 9.87 Å². The van der Waals surface area contributed by atoms with Crippen molar-refractivity contribution in [2.75, 3.05) is 0 Å². The topological polar surface area (TPSA) is 79.7 Å². The Balaban J connectivity index is 2.15. The van der Waals surface area contributed by atoms with Crippen LogP contribution in [-0.4, -0.2) is 21.3 Å². The molecule has 4 aromatic rings. The van der Waals surface area contributed by atoms with Crippen LogP contribution in [0.2, 0.25) is 0 Å². The number of fused-ring (bicyclic) bond motifs is 3. The summed E-state index contributed by atoms with van der Waals surface area (Å²) in [5.41, 5.74) is 2.43. The first-order chi connectivity index (χ1) is 12.6. The first-order valence-electron chi connectivity index (χ1n) is 8.07. The minimum absolute atomic E-state index is 0.112. The monoisotopic (exact) mass is 345 g/mol. The summed E-state index contributed by atoms with van der Waals surface area (Å²) in [4.78, 5) is 20.7. The van der Waals surface area contributed by atoms with E-state index in [9.17, 15) is 9.90 Å². The second kappa shape index (κ2) is 6.13. The van der Waals surface area contributed by atoms with E-state index in [1.807, 2.05) is 61.5 Å². The Morgan fingerprint density at radius 3 is 2.42 bits per heavy atom. The molecule has 0 aliphatic heterocycles. The number of hydrogen-bond donors (Lipinski definition) is 2. The van der Waals surface area contributed by atoms with Crippen molar-refractivity contribution < 1.29 is 20.0 Å². The predicted molar refractivity (Wildman–Crippen MR) is 99.1 cm³/mol. The minimum Gasteiger partial charge on any atom is -0.505 e. The van der Waals surface area contributed by atoms with Crippen LogP contribution in [0.5, 0.6) is 5.75 Å². The molecule has 1 aromatic heterocycles. The van der Waals surface area contributed by atoms with E-state index in [0.29, 0.717) is 16.5 Å². The van der Waals surface area contributed by atoms with E-state index in [1.54, 1.807) is 6.07 Å². The predicted octanol–water partition coefficient (Wildman–Crippen LogP) is 4.70. The number of aromatic hydroxyl groups is 1. The van der Waals surface area contributed by atoms with Gasteiger partial charge in [0.2, 0.25) is 0 Å². The van der Waals surface area contributed by atoms with Crippen molar-refractivity contribution in [3.05, 3.63) is 71.8 Å². The van der Waals surface area contributed by atoms with Gasteiger partial charge in [-0.3, -0.25) is 4.89 Å². The van der Waals surface area contributed by atoms with E-state index in [1.165, 1.54) is 0 Å². The number of aromatic nitrogens is 1. The average molecular weight is 345 g/mol. The molecule has 4 rings (SSSR count). The molecule has 0 aliphatic rings. The van der Waals surface area contributed by atoms with Crippen molar-refractivity contribution in [3.8, 4) is 17.0 Å². The Morgan fingerprint density at radius 1 is 0.962 bits per heavy atom. The van der Waals surface area contributed by atoms with Gasteiger partial charge in [-0.25, -0.2) is 9.78 Å². The SMILES string of the molecule is Cc1ccc(-c2nc3c(ccc4ccccc43)c(C(=O)OO)c2O)cc1. The summed E-state index contributed by atoms with van der Waals surface area (Å²) >= 11 is 0. The first kappa shape index (κ1) is 16.1. The normalized spacial score (nSPS) is 11.0. The highest BCUT2D eigenvalue weighted by molar-refractivity contribution is 6.15. The molecule has 0 fully saturated rings. The van der Waals surface area contributed by atoms with Gasteiger partial charge in [0.15, 0.2) is 5.75 Å². The standard InChI is InChI=1S/C21H15NO4/c1-12-6-8-14(9-7-12)18-20(23)17(21(24)26-25)16-11-10-13-4-2-3-5-15(13)19(16)22-18/h2-11,23,25H,1H3. The molecule has 128 valence electrons. The second-order valence-electron chi connectivity index (χ2n) is 6.11. The van der Waals surface area contributed by atoms with Crippen LogP contribution in [0.25, 0.3) is 32.9 Å². The van der Waals surface area contributed by atoms with Crippen LogP contribution in [0.3, 0.4) is 0 Å². The van der Waals surface area contributed by atoms with Crippen molar-refractivity contribution in [2.45, 2.75) is 6.92 Å². The van der Waals surface area contributed by atoms with Gasteiger partial charge in [0, 0.05) is 16.3 Å². The summed E-state index contributed by atoms with van der Waals surface area (Å²) in [7, 11) is 0. The number of nitrogens with zero attached hydrogens (tertiary/aromatic N) is 1. The zero-order valence-electron chi connectivity index (χ0n) is 13.9. The van der Waals surface area contributed by atoms with Gasteiger partial charge >= 0.3 is 5.97 Å². The quantitative estimate of drug-likeness (QED) is 0.313. The van der Waals surface area contributed by atoms with E-state index < -0.39 is 5.97 Å². The van der Waals surface area contributed by atoms with Gasteiger partial charge in [0.25, 0.3) is 0 Å². The summed E-state index contributed by atoms with van der Waals surface area (Å²) in [6.07, 6.45) is 0. The molecule has 1 heterocycles. The number of carbonyl (C=O) groups is 1. The molecule has 0 unspecified atom stereocenters. The Kier molecular flexibility index (Phi) is 3.78. The maximum Gasteiger partial charge on any atom is 0.377 e. The fourth-order valence-electron chi connectivity index (χ4n) is 3.15. The zero-order chi connectivity index (χ0) is 18.3. The van der Waals surface area contributed by atoms with Gasteiger partial charge in [-0.15, -0.1) is 0 Å². The summed E-state index contributed by atoms with van der Waals surface area (Å²) < 4.78 is 0. The van der Waals surface area contributed by atoms with Crippen molar-refractivity contribution in [1.82, 2.24) is 4.98 Å². The number of hydrogen-bond acceptors (Lipinski definition) is 5. The maximum absolute atomic E-state index is 12.2. The number of benzene rings is 3. The van der Waals surface area contributed by atoms with Crippen LogP contribution in [0.1, 0.15) is 15.9 Å². The Morgan fingerprint density at radius 2 is 1.69 bits per heavy atom. The van der Waals surface area contributed by atoms with Gasteiger partial charge < -0.3 is 5.11 Å². The highest BCUT2D eigenvalue weighted by Crippen LogP contribution is 2.38. The third-order valence-electron chi connectivity index (χ3n) is 4.47. The molecule has 0 radical (unpaired) electrons. The molecule has 0 saturated carbocycles. The van der Waals surface area contributed by atoms with Crippen molar-refractivity contribution in [3.63, 3.8) is 0 Å². The maximum atomic E-state index is 12.2. The molecule has 26 heavy (non-hydrogen) atoms. The molecule has 0 amide bonds. The lowest BCUT2D eigenvalue weighted by atomic mass is 9.98. The van der Waals surface area contributed by atoms with E-state index >= 15 is 0 Å². The van der Waals surface area contributed by atoms with Crippen molar-refractivity contribution >= 4 is 27.6 Å². The minimum atomic E-state index is -1.03. The molecule has 0 spiro atoms. The molecule has 5 heteroatoms. The molecule has 0 saturated heterocycles. The Labute approximate surface area is 149 Å². The van der Waals surface area contributed by atoms with Gasteiger partial charge in [0.05, 0.1) is 5.52 Å². The summed E-state index contributed by atoms with van der Waals surface area (Å²) in [5.74, 6) is -1.35. The lowest BCUT2D eigenvalue weighted by molar-refractivity contribution is -0.182. The van der Waals surface area contributed by atoms with Gasteiger partial charge in [0.1, 0.15) is 11.3 Å². The number of pyridine rings is 1. The molecule has 0 bridgehead atoms. The molecule has 0 aliphatic carbocycles. The summed E-state index contributed by atoms with van der Waals surface area (Å²) in [6, 6.07) is 18.6. The number of aryl methyl sites for hydroxylation is 1. The van der Waals surface area contributed by atoms with Crippen molar-refractivity contribution in [1.29, 1.82) is 0 Å². The van der Waals surface area contributed by atoms with Crippen LogP contribution >= 0.6 is 0 Å². The van der Waals surface area contributed by atoms with Gasteiger partial charge in [-0.05, 0) is 12.3 Å². The average Bonchev–Trinajstić information content (AvgIpc) is 2.67. The lowest BCUT2D eigenvalue weighted by Crippen LogP contribution is -2.05. The second-order valence-corrected chi connectivity index (χ2v) is 6.11. The van der Waals surface area contributed by atoms with Gasteiger partial charge in [-0.2, -0.15) is 5.26 Å². The van der Waals surface area contributed by atoms with Crippen LogP contribution < -0.4 is 0 Å². The van der Waals surface area contributed by atoms with E-state index in [4.69, 9.17) is 5.26 Å². The van der Waals surface area contributed by atoms with E-state index in [-0.39, 0.29) is 17.0 Å². The fraction of sp³-hybridized carbons (Fsp3) is 0.0476. The molecule has 0 atom stereocenters. The summed E-state index contributed by atoms with van der Waals surface area (Å²) in [5, 5.41) is 21.8. The molecular weight excluding hydrogens is 330 g/mol. The van der Waals surface area contributed by atoms with Crippen LogP contribution in [0.4, 0.5) is 0 Å². The van der Waals surface area contributed by atoms with Crippen LogP contribution in [0.15, 0.2) is 60.7 Å². The highest BCUT2D eigenvalue weighted by Gasteiger charge is 2.23. The van der Waals surface area contributed by atoms with Gasteiger partial charge in [-0.1, -0.05) is 66.2 Å². The smallest absolute Gasteiger partial charge is 0.377 e. The van der Waals surface area contributed by atoms with Crippen molar-refractivity contribution in [2.24, 2.45) is 0 Å². The summed E-state index contributed by atoms with van der Waals surface area (Å²) in [6.45, 7) is 1.96. The first-order valence-corrected chi connectivity index (χ1v) is 8.07. The lowest BCUT2D eigenvalue weighted by Gasteiger charge is -2.13. The molecule has 2 N–H and O–H groups in total. The van der Waals surface area contributed by atoms with Crippen LogP contribution in [-0.2, 0) is 4.89 Å². The zero-order valence-corrected chi connectivity index (χ0v) is 13.9. The molecule has 5 nitrogen and oxygen atoms in total. The fourth-order valence-corrected chi connectivity index (χ4v) is 3.15. The Hall–Kier alpha value is -3.44. The number of carbonyl (C=O) groups excluding carboxylic acids is 1. The molecular formula is C21H15NO4. The third kappa shape index (κ3) is 2.46. The van der Waals surface area contributed by atoms with E-state index in [0.717, 1.165) is 16.3 Å².